The van der Waals surface area contributed by atoms with Crippen LogP contribution in [0.3, 0.4) is 0 Å². The highest BCUT2D eigenvalue weighted by Crippen LogP contribution is 2.30. The van der Waals surface area contributed by atoms with Crippen LogP contribution in [0.2, 0.25) is 0 Å². The van der Waals surface area contributed by atoms with Crippen molar-refractivity contribution in [1.29, 1.82) is 0 Å². The number of nitrogens with zero attached hydrogens (tertiary/aromatic N) is 2. The third-order valence-corrected chi connectivity index (χ3v) is 4.92. The first-order valence-corrected chi connectivity index (χ1v) is 8.68. The Balaban J connectivity index is 1.77. The minimum atomic E-state index is -4.49. The number of halogens is 4. The van der Waals surface area contributed by atoms with Crippen LogP contribution < -0.4 is 0 Å². The zero-order valence-corrected chi connectivity index (χ0v) is 14.1. The molecule has 2 heterocycles. The Labute approximate surface area is 148 Å². The van der Waals surface area contributed by atoms with Crippen LogP contribution in [0.25, 0.3) is 0 Å². The van der Waals surface area contributed by atoms with Gasteiger partial charge in [0.25, 0.3) is 5.91 Å². The molecular weight excluding hydrogens is 352 g/mol. The molecule has 26 heavy (non-hydrogen) atoms. The third kappa shape index (κ3) is 3.83. The number of benzene rings is 1. The van der Waals surface area contributed by atoms with Crippen molar-refractivity contribution in [3.63, 3.8) is 0 Å². The standard InChI is InChI=1S/C18H20F4N2O2/c19-14-10-15(17(26)23-8-2-1-3-9-23)24(11-14)16(25)12-4-6-13(7-5-12)18(20,21)22/h4-7,14-15H,1-3,8-11H2/t14-,15-/m0/s1. The van der Waals surface area contributed by atoms with Crippen LogP contribution in [0.15, 0.2) is 24.3 Å². The fourth-order valence-electron chi connectivity index (χ4n) is 3.54. The van der Waals surface area contributed by atoms with Gasteiger partial charge in [0, 0.05) is 25.1 Å². The number of likely N-dealkylation sites (tertiary alicyclic amines) is 2. The van der Waals surface area contributed by atoms with E-state index in [1.807, 2.05) is 0 Å². The zero-order valence-electron chi connectivity index (χ0n) is 14.1. The maximum atomic E-state index is 13.9. The van der Waals surface area contributed by atoms with E-state index < -0.39 is 29.9 Å². The Morgan fingerprint density at radius 1 is 1.00 bits per heavy atom. The highest BCUT2D eigenvalue weighted by Gasteiger charge is 2.42. The maximum Gasteiger partial charge on any atom is 0.416 e. The first-order valence-electron chi connectivity index (χ1n) is 8.68. The van der Waals surface area contributed by atoms with E-state index in [1.54, 1.807) is 4.90 Å². The largest absolute Gasteiger partial charge is 0.416 e. The van der Waals surface area contributed by atoms with E-state index in [0.717, 1.165) is 48.4 Å². The molecular formula is C18H20F4N2O2. The molecule has 2 aliphatic heterocycles. The van der Waals surface area contributed by atoms with Crippen LogP contribution in [0, 0.1) is 0 Å². The third-order valence-electron chi connectivity index (χ3n) is 4.92. The van der Waals surface area contributed by atoms with E-state index in [4.69, 9.17) is 0 Å². The number of hydrogen-bond donors (Lipinski definition) is 0. The van der Waals surface area contributed by atoms with Crippen molar-refractivity contribution >= 4 is 11.8 Å². The molecule has 0 aliphatic carbocycles. The van der Waals surface area contributed by atoms with Gasteiger partial charge in [-0.15, -0.1) is 0 Å². The molecule has 2 atom stereocenters. The summed E-state index contributed by atoms with van der Waals surface area (Å²) in [5.41, 5.74) is -0.844. The van der Waals surface area contributed by atoms with E-state index in [0.29, 0.717) is 13.1 Å². The van der Waals surface area contributed by atoms with Crippen molar-refractivity contribution in [2.45, 2.75) is 44.1 Å². The van der Waals surface area contributed by atoms with Gasteiger partial charge in [0.2, 0.25) is 5.91 Å². The molecule has 2 fully saturated rings. The van der Waals surface area contributed by atoms with E-state index >= 15 is 0 Å². The fourth-order valence-corrected chi connectivity index (χ4v) is 3.54. The summed E-state index contributed by atoms with van der Waals surface area (Å²) in [5.74, 6) is -0.889. The van der Waals surface area contributed by atoms with Crippen LogP contribution in [-0.4, -0.2) is 53.5 Å². The molecule has 0 spiro atoms. The molecule has 142 valence electrons. The smallest absolute Gasteiger partial charge is 0.341 e. The Kier molecular flexibility index (Phi) is 5.20. The Hall–Kier alpha value is -2.12. The highest BCUT2D eigenvalue weighted by atomic mass is 19.4. The van der Waals surface area contributed by atoms with Gasteiger partial charge >= 0.3 is 6.18 Å². The van der Waals surface area contributed by atoms with Gasteiger partial charge in [0.05, 0.1) is 12.1 Å². The van der Waals surface area contributed by atoms with Crippen LogP contribution in [0.4, 0.5) is 17.6 Å². The predicted octanol–water partition coefficient (Wildman–Crippen LogP) is 3.27. The number of hydrogen-bond acceptors (Lipinski definition) is 2. The maximum absolute atomic E-state index is 13.9. The summed E-state index contributed by atoms with van der Waals surface area (Å²) >= 11 is 0. The van der Waals surface area contributed by atoms with Gasteiger partial charge in [-0.1, -0.05) is 0 Å². The molecule has 0 aromatic heterocycles. The molecule has 8 heteroatoms. The molecule has 0 N–H and O–H groups in total. The molecule has 1 aromatic rings. The minimum absolute atomic E-state index is 0.0172. The van der Waals surface area contributed by atoms with Gasteiger partial charge in [-0.2, -0.15) is 13.2 Å². The van der Waals surface area contributed by atoms with Crippen molar-refractivity contribution in [2.75, 3.05) is 19.6 Å². The second kappa shape index (κ2) is 7.25. The van der Waals surface area contributed by atoms with Gasteiger partial charge in [-0.3, -0.25) is 9.59 Å². The second-order valence-corrected chi connectivity index (χ2v) is 6.77. The summed E-state index contributed by atoms with van der Waals surface area (Å²) in [7, 11) is 0. The summed E-state index contributed by atoms with van der Waals surface area (Å²) in [6.07, 6.45) is -3.08. The van der Waals surface area contributed by atoms with Crippen molar-refractivity contribution in [3.8, 4) is 0 Å². The number of amides is 2. The zero-order chi connectivity index (χ0) is 18.9. The van der Waals surface area contributed by atoms with Crippen LogP contribution >= 0.6 is 0 Å². The van der Waals surface area contributed by atoms with Gasteiger partial charge in [0.1, 0.15) is 12.2 Å². The average molecular weight is 372 g/mol. The SMILES string of the molecule is O=C([C@@H]1C[C@H](F)CN1C(=O)c1ccc(C(F)(F)F)cc1)N1CCCCC1. The summed E-state index contributed by atoms with van der Waals surface area (Å²) in [6.45, 7) is 0.966. The number of rotatable bonds is 2. The lowest BCUT2D eigenvalue weighted by atomic mass is 10.1. The molecule has 2 aliphatic rings. The summed E-state index contributed by atoms with van der Waals surface area (Å²) in [6, 6.07) is 2.88. The van der Waals surface area contributed by atoms with E-state index in [-0.39, 0.29) is 24.4 Å². The molecule has 3 rings (SSSR count). The molecule has 2 saturated heterocycles. The van der Waals surface area contributed by atoms with Crippen molar-refractivity contribution in [2.24, 2.45) is 0 Å². The van der Waals surface area contributed by atoms with Crippen LogP contribution in [0.5, 0.6) is 0 Å². The first kappa shape index (κ1) is 18.7. The van der Waals surface area contributed by atoms with Gasteiger partial charge in [0.15, 0.2) is 0 Å². The lowest BCUT2D eigenvalue weighted by molar-refractivity contribution is -0.137. The number of carbonyl (C=O) groups excluding carboxylic acids is 2. The summed E-state index contributed by atoms with van der Waals surface area (Å²) in [5, 5.41) is 0. The van der Waals surface area contributed by atoms with Crippen LogP contribution in [0.1, 0.15) is 41.6 Å². The number of carbonyl (C=O) groups is 2. The number of piperidine rings is 1. The number of alkyl halides is 4. The average Bonchev–Trinajstić information content (AvgIpc) is 3.02. The van der Waals surface area contributed by atoms with Crippen LogP contribution in [-0.2, 0) is 11.0 Å². The molecule has 0 saturated carbocycles. The van der Waals surface area contributed by atoms with Gasteiger partial charge < -0.3 is 9.80 Å². The molecule has 0 unspecified atom stereocenters. The fraction of sp³-hybridized carbons (Fsp3) is 0.556. The Morgan fingerprint density at radius 3 is 2.19 bits per heavy atom. The molecule has 0 bridgehead atoms. The molecule has 2 amide bonds. The molecule has 1 aromatic carbocycles. The van der Waals surface area contributed by atoms with E-state index in [1.165, 1.54) is 0 Å². The lowest BCUT2D eigenvalue weighted by Gasteiger charge is -2.32. The summed E-state index contributed by atoms with van der Waals surface area (Å²) < 4.78 is 51.9. The topological polar surface area (TPSA) is 40.6 Å². The van der Waals surface area contributed by atoms with Gasteiger partial charge in [-0.05, 0) is 43.5 Å². The minimum Gasteiger partial charge on any atom is -0.341 e. The quantitative estimate of drug-likeness (QED) is 0.748. The molecule has 0 radical (unpaired) electrons. The van der Waals surface area contributed by atoms with Gasteiger partial charge in [-0.25, -0.2) is 4.39 Å². The highest BCUT2D eigenvalue weighted by molar-refractivity contribution is 5.98. The summed E-state index contributed by atoms with van der Waals surface area (Å²) in [4.78, 5) is 28.2. The normalized spacial score (nSPS) is 24.0. The van der Waals surface area contributed by atoms with Crippen molar-refractivity contribution in [1.82, 2.24) is 9.80 Å². The Morgan fingerprint density at radius 2 is 1.62 bits per heavy atom. The van der Waals surface area contributed by atoms with Crippen molar-refractivity contribution in [3.05, 3.63) is 35.4 Å². The van der Waals surface area contributed by atoms with E-state index in [9.17, 15) is 27.2 Å². The predicted molar refractivity (Wildman–Crippen MR) is 86.2 cm³/mol. The van der Waals surface area contributed by atoms with Crippen molar-refractivity contribution < 1.29 is 27.2 Å². The Bertz CT molecular complexity index is 669. The monoisotopic (exact) mass is 372 g/mol. The first-order chi connectivity index (χ1) is 12.3. The lowest BCUT2D eigenvalue weighted by Crippen LogP contribution is -2.49. The van der Waals surface area contributed by atoms with E-state index in [2.05, 4.69) is 0 Å². The second-order valence-electron chi connectivity index (χ2n) is 6.77. The molecule has 4 nitrogen and oxygen atoms in total.